The van der Waals surface area contributed by atoms with Gasteiger partial charge in [0.1, 0.15) is 22.8 Å². The number of phenols is 1. The fraction of sp³-hybridized carbons (Fsp3) is 0.519. The number of Topliss-reactive ketones (excluding diaryl/α,β-unsaturated/α-hetero) is 2. The highest BCUT2D eigenvalue weighted by Gasteiger charge is 2.67. The molecular weight excluding hydrogens is 494 g/mol. The molecule has 0 heterocycles. The number of hydrogen-bond acceptors (Lipinski definition) is 10. The largest absolute Gasteiger partial charge is 0.510 e. The van der Waals surface area contributed by atoms with Gasteiger partial charge in [0, 0.05) is 23.6 Å². The van der Waals surface area contributed by atoms with Crippen molar-refractivity contribution < 1.29 is 39.9 Å². The van der Waals surface area contributed by atoms with Crippen LogP contribution in [-0.4, -0.2) is 86.3 Å². The van der Waals surface area contributed by atoms with E-state index in [4.69, 9.17) is 5.73 Å². The molecule has 1 amide bonds. The number of nitrogens with one attached hydrogen (secondary N) is 1. The smallest absolute Gasteiger partial charge is 0.255 e. The van der Waals surface area contributed by atoms with Gasteiger partial charge in [-0.2, -0.15) is 0 Å². The summed E-state index contributed by atoms with van der Waals surface area (Å²) >= 11 is 0. The number of fused-ring (bicyclic) bond motifs is 3. The number of likely N-dealkylation sites (N-methyl/N-ethyl adjacent to an activating group) is 1. The number of nitrogens with zero attached hydrogens (tertiary/aromatic N) is 1. The number of aromatic hydroxyl groups is 1. The average Bonchev–Trinajstić information content (AvgIpc) is 2.82. The number of carbonyl (C=O) groups is 3. The molecule has 0 aliphatic heterocycles. The minimum Gasteiger partial charge on any atom is -0.510 e. The zero-order valence-corrected chi connectivity index (χ0v) is 22.0. The SMILES string of the molecule is CC(C)CNCc1ccc2c(c1O)C(=O)C1=C(O)C3(O)C(=O)C(C(N)=O)=C(O)C(N(C)C)C3C(O)C1C2C. The quantitative estimate of drug-likeness (QED) is 0.254. The first kappa shape index (κ1) is 27.8. The zero-order valence-electron chi connectivity index (χ0n) is 22.0. The lowest BCUT2D eigenvalue weighted by atomic mass is 9.55. The van der Waals surface area contributed by atoms with Crippen molar-refractivity contribution in [2.75, 3.05) is 20.6 Å². The van der Waals surface area contributed by atoms with Crippen molar-refractivity contribution in [2.24, 2.45) is 23.5 Å². The van der Waals surface area contributed by atoms with Crippen LogP contribution < -0.4 is 11.1 Å². The van der Waals surface area contributed by atoms with E-state index in [2.05, 4.69) is 5.32 Å². The van der Waals surface area contributed by atoms with Gasteiger partial charge in [0.2, 0.25) is 5.78 Å². The Bertz CT molecular complexity index is 1280. The predicted octanol–water partition coefficient (Wildman–Crippen LogP) is 0.398. The van der Waals surface area contributed by atoms with Crippen LogP contribution in [0.15, 0.2) is 34.8 Å². The molecule has 206 valence electrons. The Morgan fingerprint density at radius 1 is 1.18 bits per heavy atom. The molecule has 0 saturated heterocycles. The second-order valence-electron chi connectivity index (χ2n) is 11.1. The van der Waals surface area contributed by atoms with Gasteiger partial charge in [-0.1, -0.05) is 32.9 Å². The van der Waals surface area contributed by atoms with Crippen LogP contribution >= 0.6 is 0 Å². The number of carbonyl (C=O) groups excluding carboxylic acids is 3. The van der Waals surface area contributed by atoms with E-state index in [-0.39, 0.29) is 17.9 Å². The first-order valence-electron chi connectivity index (χ1n) is 12.6. The van der Waals surface area contributed by atoms with Crippen molar-refractivity contribution in [1.29, 1.82) is 0 Å². The highest BCUT2D eigenvalue weighted by atomic mass is 16.4. The highest BCUT2D eigenvalue weighted by Crippen LogP contribution is 2.55. The molecule has 0 spiro atoms. The van der Waals surface area contributed by atoms with Gasteiger partial charge in [-0.25, -0.2) is 0 Å². The molecule has 6 atom stereocenters. The van der Waals surface area contributed by atoms with Crippen LogP contribution in [0.5, 0.6) is 5.75 Å². The summed E-state index contributed by atoms with van der Waals surface area (Å²) in [6.45, 7) is 6.70. The van der Waals surface area contributed by atoms with Crippen molar-refractivity contribution in [1.82, 2.24) is 10.2 Å². The Balaban J connectivity index is 1.93. The minimum atomic E-state index is -2.92. The van der Waals surface area contributed by atoms with Crippen LogP contribution in [0.2, 0.25) is 0 Å². The molecule has 1 aromatic carbocycles. The Morgan fingerprint density at radius 3 is 2.37 bits per heavy atom. The molecule has 38 heavy (non-hydrogen) atoms. The van der Waals surface area contributed by atoms with Crippen molar-refractivity contribution >= 4 is 17.5 Å². The number of nitrogens with two attached hydrogens (primary N) is 1. The summed E-state index contributed by atoms with van der Waals surface area (Å²) in [4.78, 5) is 40.7. The van der Waals surface area contributed by atoms with Crippen molar-refractivity contribution in [3.63, 3.8) is 0 Å². The summed E-state index contributed by atoms with van der Waals surface area (Å²) in [6, 6.07) is 2.08. The molecule has 11 nitrogen and oxygen atoms in total. The second kappa shape index (κ2) is 9.49. The van der Waals surface area contributed by atoms with Crippen LogP contribution in [-0.2, 0) is 16.1 Å². The third-order valence-corrected chi connectivity index (χ3v) is 8.08. The molecule has 0 saturated carbocycles. The van der Waals surface area contributed by atoms with Gasteiger partial charge in [0.15, 0.2) is 11.4 Å². The maximum atomic E-state index is 13.8. The van der Waals surface area contributed by atoms with Crippen molar-refractivity contribution in [3.8, 4) is 5.75 Å². The van der Waals surface area contributed by atoms with Crippen LogP contribution in [0.3, 0.4) is 0 Å². The van der Waals surface area contributed by atoms with E-state index in [1.807, 2.05) is 13.8 Å². The number of hydrogen-bond donors (Lipinski definition) is 7. The standard InChI is InChI=1S/C27H35N3O8/c1-10(2)8-29-9-12-6-7-13-11(3)14-16(21(32)15(13)20(12)31)24(35)27(38)18(22(14)33)19(30(4)5)23(34)17(25(27)36)26(28)37/h6-7,10-11,14,18-19,22,29,31,33-35,38H,8-9H2,1-5H3,(H2,28,37). The van der Waals surface area contributed by atoms with E-state index in [0.717, 1.165) is 0 Å². The lowest BCUT2D eigenvalue weighted by Gasteiger charge is -2.53. The van der Waals surface area contributed by atoms with Gasteiger partial charge in [0.25, 0.3) is 5.91 Å². The fourth-order valence-electron chi connectivity index (χ4n) is 6.30. The number of ketones is 2. The second-order valence-corrected chi connectivity index (χ2v) is 11.1. The maximum absolute atomic E-state index is 13.8. The van der Waals surface area contributed by atoms with Gasteiger partial charge >= 0.3 is 0 Å². The van der Waals surface area contributed by atoms with Crippen LogP contribution in [0.1, 0.15) is 48.2 Å². The highest BCUT2D eigenvalue weighted by molar-refractivity contribution is 6.25. The number of phenolic OH excluding ortho intramolecular Hbond substituents is 1. The topological polar surface area (TPSA) is 194 Å². The van der Waals surface area contributed by atoms with Crippen LogP contribution in [0.4, 0.5) is 0 Å². The Morgan fingerprint density at radius 2 is 1.82 bits per heavy atom. The summed E-state index contributed by atoms with van der Waals surface area (Å²) in [6.07, 6.45) is -1.61. The van der Waals surface area contributed by atoms with Gasteiger partial charge in [0.05, 0.1) is 23.6 Å². The number of primary amides is 1. The van der Waals surface area contributed by atoms with Crippen LogP contribution in [0.25, 0.3) is 0 Å². The van der Waals surface area contributed by atoms with E-state index < -0.39 is 75.6 Å². The van der Waals surface area contributed by atoms with E-state index in [1.54, 1.807) is 19.1 Å². The van der Waals surface area contributed by atoms with Gasteiger partial charge in [-0.3, -0.25) is 19.3 Å². The molecule has 0 aromatic heterocycles. The number of amides is 1. The fourth-order valence-corrected chi connectivity index (χ4v) is 6.30. The monoisotopic (exact) mass is 529 g/mol. The van der Waals surface area contributed by atoms with E-state index in [1.165, 1.54) is 19.0 Å². The number of aliphatic hydroxyl groups excluding tert-OH is 3. The molecule has 8 N–H and O–H groups in total. The molecule has 6 unspecified atom stereocenters. The normalized spacial score (nSPS) is 31.0. The minimum absolute atomic E-state index is 0.0886. The summed E-state index contributed by atoms with van der Waals surface area (Å²) in [5, 5.41) is 59.8. The molecule has 0 radical (unpaired) electrons. The lowest BCUT2D eigenvalue weighted by molar-refractivity contribution is -0.162. The maximum Gasteiger partial charge on any atom is 0.255 e. The summed E-state index contributed by atoms with van der Waals surface area (Å²) in [7, 11) is 2.99. The predicted molar refractivity (Wildman–Crippen MR) is 136 cm³/mol. The number of benzene rings is 1. The van der Waals surface area contributed by atoms with Crippen LogP contribution in [0, 0.1) is 17.8 Å². The summed E-state index contributed by atoms with van der Waals surface area (Å²) in [5.41, 5.74) is 1.87. The molecule has 0 fully saturated rings. The third kappa shape index (κ3) is 3.76. The Hall–Kier alpha value is -3.25. The van der Waals surface area contributed by atoms with E-state index in [0.29, 0.717) is 23.6 Å². The average molecular weight is 530 g/mol. The van der Waals surface area contributed by atoms with E-state index >= 15 is 0 Å². The molecule has 11 heteroatoms. The molecule has 3 aliphatic carbocycles. The summed E-state index contributed by atoms with van der Waals surface area (Å²) < 4.78 is 0. The lowest BCUT2D eigenvalue weighted by Crippen LogP contribution is -2.68. The zero-order chi connectivity index (χ0) is 28.4. The van der Waals surface area contributed by atoms with Gasteiger partial charge in [-0.15, -0.1) is 0 Å². The Kier molecular flexibility index (Phi) is 6.94. The third-order valence-electron chi connectivity index (χ3n) is 8.08. The number of aliphatic hydroxyl groups is 4. The van der Waals surface area contributed by atoms with Gasteiger partial charge < -0.3 is 36.6 Å². The summed E-state index contributed by atoms with van der Waals surface area (Å²) in [5.74, 6) is -8.53. The number of rotatable bonds is 6. The van der Waals surface area contributed by atoms with Crippen molar-refractivity contribution in [2.45, 2.75) is 51.0 Å². The van der Waals surface area contributed by atoms with Gasteiger partial charge in [-0.05, 0) is 38.0 Å². The van der Waals surface area contributed by atoms with Crippen molar-refractivity contribution in [3.05, 3.63) is 51.5 Å². The Labute approximate surface area is 220 Å². The molecule has 0 bridgehead atoms. The first-order valence-corrected chi connectivity index (χ1v) is 12.6. The molecule has 3 aliphatic rings. The van der Waals surface area contributed by atoms with E-state index in [9.17, 15) is 39.9 Å². The molecular formula is C27H35N3O8. The molecule has 4 rings (SSSR count). The molecule has 1 aromatic rings. The first-order chi connectivity index (χ1) is 17.7.